The minimum atomic E-state index is -0.585. The molecule has 22 heavy (non-hydrogen) atoms. The van der Waals surface area contributed by atoms with Crippen LogP contribution in [0.1, 0.15) is 24.5 Å². The average Bonchev–Trinajstić information content (AvgIpc) is 3.06. The van der Waals surface area contributed by atoms with Crippen molar-refractivity contribution in [3.63, 3.8) is 0 Å². The number of carbonyl (C=O) groups excluding carboxylic acids is 2. The number of carbonyl (C=O) groups is 2. The van der Waals surface area contributed by atoms with Crippen LogP contribution in [0.3, 0.4) is 0 Å². The van der Waals surface area contributed by atoms with Gasteiger partial charge in [0.05, 0.1) is 6.17 Å². The smallest absolute Gasteiger partial charge is 0.294 e. The molecule has 0 bridgehead atoms. The highest BCUT2D eigenvalue weighted by Gasteiger charge is 2.17. The molecule has 0 radical (unpaired) electrons. The van der Waals surface area contributed by atoms with Crippen LogP contribution in [0.15, 0.2) is 30.5 Å². The van der Waals surface area contributed by atoms with Gasteiger partial charge in [-0.3, -0.25) is 9.59 Å². The van der Waals surface area contributed by atoms with Gasteiger partial charge >= 0.3 is 0 Å². The molecule has 116 valence electrons. The zero-order valence-electron chi connectivity index (χ0n) is 12.6. The number of hydrogen-bond acceptors (Lipinski definition) is 5. The van der Waals surface area contributed by atoms with Gasteiger partial charge in [-0.2, -0.15) is 0 Å². The van der Waals surface area contributed by atoms with E-state index in [2.05, 4.69) is 32.6 Å². The third kappa shape index (κ3) is 3.37. The zero-order chi connectivity index (χ0) is 16.3. The van der Waals surface area contributed by atoms with Crippen LogP contribution in [0.2, 0.25) is 0 Å². The van der Waals surface area contributed by atoms with Crippen molar-refractivity contribution in [3.05, 3.63) is 36.3 Å². The minimum absolute atomic E-state index is 0.0855. The Morgan fingerprint density at radius 3 is 2.68 bits per heavy atom. The largest absolute Gasteiger partial charge is 0.335 e. The molecule has 9 nitrogen and oxygen atoms in total. The number of rotatable bonds is 5. The Bertz CT molecular complexity index is 716. The third-order valence-corrected chi connectivity index (χ3v) is 2.82. The fraction of sp³-hybridized carbons (Fsp3) is 0.308. The lowest BCUT2D eigenvalue weighted by Crippen LogP contribution is -2.46. The first kappa shape index (κ1) is 15.4. The first-order valence-electron chi connectivity index (χ1n) is 6.57. The molecule has 1 atom stereocenters. The summed E-state index contributed by atoms with van der Waals surface area (Å²) in [5.74, 6) is -0.281. The van der Waals surface area contributed by atoms with Crippen molar-refractivity contribution < 1.29 is 9.59 Å². The summed E-state index contributed by atoms with van der Waals surface area (Å²) < 4.78 is 1.79. The molecule has 2 heterocycles. The molecule has 0 aliphatic heterocycles. The predicted molar refractivity (Wildman–Crippen MR) is 78.0 cm³/mol. The number of nitrogens with one attached hydrogen (secondary N) is 2. The monoisotopic (exact) mass is 303 g/mol. The standard InChI is InChI=1S/C13H17N7O2/c1-8(2)12(21)14-9(3)15-13(22)11-16-18-20(17-11)10-6-5-7-19(10)4/h5-7,9H,1H2,2-4H3,(H,14,21)(H,15,22). The molecule has 2 aromatic heterocycles. The quantitative estimate of drug-likeness (QED) is 0.586. The van der Waals surface area contributed by atoms with E-state index in [1.165, 1.54) is 4.80 Å². The van der Waals surface area contributed by atoms with Gasteiger partial charge in [0.25, 0.3) is 11.7 Å². The summed E-state index contributed by atoms with van der Waals surface area (Å²) >= 11 is 0. The zero-order valence-corrected chi connectivity index (χ0v) is 12.6. The number of aromatic nitrogens is 5. The molecule has 0 saturated carbocycles. The number of tetrazole rings is 1. The second kappa shape index (κ2) is 6.20. The molecular formula is C13H17N7O2. The van der Waals surface area contributed by atoms with Gasteiger partial charge < -0.3 is 15.2 Å². The number of aryl methyl sites for hydroxylation is 1. The third-order valence-electron chi connectivity index (χ3n) is 2.82. The van der Waals surface area contributed by atoms with Crippen LogP contribution in [0.25, 0.3) is 5.82 Å². The second-order valence-corrected chi connectivity index (χ2v) is 4.83. The minimum Gasteiger partial charge on any atom is -0.335 e. The van der Waals surface area contributed by atoms with Crippen LogP contribution >= 0.6 is 0 Å². The summed E-state index contributed by atoms with van der Waals surface area (Å²) in [5.41, 5.74) is 0.355. The molecule has 0 spiro atoms. The van der Waals surface area contributed by atoms with Crippen molar-refractivity contribution in [1.82, 2.24) is 35.4 Å². The van der Waals surface area contributed by atoms with Crippen LogP contribution in [-0.2, 0) is 11.8 Å². The average molecular weight is 303 g/mol. The van der Waals surface area contributed by atoms with Crippen LogP contribution < -0.4 is 10.6 Å². The Morgan fingerprint density at radius 1 is 1.36 bits per heavy atom. The molecule has 0 saturated heterocycles. The first-order valence-corrected chi connectivity index (χ1v) is 6.57. The van der Waals surface area contributed by atoms with Crippen molar-refractivity contribution in [1.29, 1.82) is 0 Å². The van der Waals surface area contributed by atoms with Gasteiger partial charge in [-0.1, -0.05) is 6.58 Å². The maximum absolute atomic E-state index is 12.0. The Morgan fingerprint density at radius 2 is 2.09 bits per heavy atom. The molecule has 2 N–H and O–H groups in total. The molecule has 2 rings (SSSR count). The van der Waals surface area contributed by atoms with E-state index in [-0.39, 0.29) is 11.7 Å². The normalized spacial score (nSPS) is 11.8. The van der Waals surface area contributed by atoms with Gasteiger partial charge in [0.1, 0.15) is 0 Å². The molecule has 0 aliphatic rings. The number of nitrogens with zero attached hydrogens (tertiary/aromatic N) is 5. The summed E-state index contributed by atoms with van der Waals surface area (Å²) in [6.07, 6.45) is 1.24. The maximum Gasteiger partial charge on any atom is 0.294 e. The maximum atomic E-state index is 12.0. The molecule has 2 aromatic rings. The number of hydrogen-bond donors (Lipinski definition) is 2. The van der Waals surface area contributed by atoms with E-state index in [1.807, 2.05) is 19.3 Å². The lowest BCUT2D eigenvalue weighted by atomic mass is 10.3. The highest BCUT2D eigenvalue weighted by atomic mass is 16.2. The fourth-order valence-corrected chi connectivity index (χ4v) is 1.68. The summed E-state index contributed by atoms with van der Waals surface area (Å²) in [6, 6.07) is 3.62. The van der Waals surface area contributed by atoms with Crippen LogP contribution in [-0.4, -0.2) is 42.8 Å². The van der Waals surface area contributed by atoms with Gasteiger partial charge in [-0.25, -0.2) is 0 Å². The molecule has 9 heteroatoms. The van der Waals surface area contributed by atoms with Crippen molar-refractivity contribution in [3.8, 4) is 5.82 Å². The highest BCUT2D eigenvalue weighted by molar-refractivity contribution is 5.93. The lowest BCUT2D eigenvalue weighted by Gasteiger charge is -2.14. The van der Waals surface area contributed by atoms with Crippen molar-refractivity contribution in [2.45, 2.75) is 20.0 Å². The highest BCUT2D eigenvalue weighted by Crippen LogP contribution is 2.03. The number of amides is 2. The van der Waals surface area contributed by atoms with Crippen LogP contribution in [0.4, 0.5) is 0 Å². The Balaban J connectivity index is 2.02. The fourth-order valence-electron chi connectivity index (χ4n) is 1.68. The molecular weight excluding hydrogens is 286 g/mol. The van der Waals surface area contributed by atoms with E-state index in [0.29, 0.717) is 11.4 Å². The van der Waals surface area contributed by atoms with Crippen molar-refractivity contribution >= 4 is 11.8 Å². The van der Waals surface area contributed by atoms with E-state index in [1.54, 1.807) is 24.5 Å². The summed E-state index contributed by atoms with van der Waals surface area (Å²) in [5, 5.41) is 16.7. The summed E-state index contributed by atoms with van der Waals surface area (Å²) in [4.78, 5) is 24.7. The molecule has 0 fully saturated rings. The molecule has 2 amide bonds. The summed E-state index contributed by atoms with van der Waals surface area (Å²) in [6.45, 7) is 6.73. The van der Waals surface area contributed by atoms with Crippen molar-refractivity contribution in [2.24, 2.45) is 7.05 Å². The van der Waals surface area contributed by atoms with Gasteiger partial charge in [-0.05, 0) is 31.2 Å². The van der Waals surface area contributed by atoms with E-state index in [9.17, 15) is 9.59 Å². The Hall–Kier alpha value is -2.97. The van der Waals surface area contributed by atoms with Gasteiger partial charge in [0, 0.05) is 18.8 Å². The van der Waals surface area contributed by atoms with Crippen molar-refractivity contribution in [2.75, 3.05) is 0 Å². The summed E-state index contributed by atoms with van der Waals surface area (Å²) in [7, 11) is 1.83. The van der Waals surface area contributed by atoms with Gasteiger partial charge in [-0.15, -0.1) is 15.0 Å². The second-order valence-electron chi connectivity index (χ2n) is 4.83. The van der Waals surface area contributed by atoms with E-state index in [4.69, 9.17) is 0 Å². The lowest BCUT2D eigenvalue weighted by molar-refractivity contribution is -0.118. The topological polar surface area (TPSA) is 107 Å². The SMILES string of the molecule is C=C(C)C(=O)NC(C)NC(=O)c1nnn(-c2cccn2C)n1. The first-order chi connectivity index (χ1) is 10.4. The van der Waals surface area contributed by atoms with E-state index in [0.717, 1.165) is 0 Å². The predicted octanol–water partition coefficient (Wildman–Crippen LogP) is -0.231. The van der Waals surface area contributed by atoms with E-state index >= 15 is 0 Å². The van der Waals surface area contributed by atoms with Gasteiger partial charge in [0.2, 0.25) is 5.91 Å². The Kier molecular flexibility index (Phi) is 4.35. The van der Waals surface area contributed by atoms with Gasteiger partial charge in [0.15, 0.2) is 5.82 Å². The Labute approximate surface area is 127 Å². The van der Waals surface area contributed by atoms with Crippen LogP contribution in [0.5, 0.6) is 0 Å². The van der Waals surface area contributed by atoms with Crippen LogP contribution in [0, 0.1) is 0 Å². The molecule has 0 aliphatic carbocycles. The molecule has 0 aromatic carbocycles. The van der Waals surface area contributed by atoms with E-state index < -0.39 is 12.1 Å². The molecule has 1 unspecified atom stereocenters.